The molecule has 2 amide bonds. The lowest BCUT2D eigenvalue weighted by Crippen LogP contribution is -2.21. The van der Waals surface area contributed by atoms with Crippen molar-refractivity contribution in [3.8, 4) is 11.4 Å². The molecule has 0 bridgehead atoms. The minimum atomic E-state index is -0.611. The van der Waals surface area contributed by atoms with Crippen molar-refractivity contribution in [1.29, 1.82) is 0 Å². The van der Waals surface area contributed by atoms with E-state index in [1.165, 1.54) is 23.8 Å². The van der Waals surface area contributed by atoms with E-state index in [-0.39, 0.29) is 28.1 Å². The van der Waals surface area contributed by atoms with Gasteiger partial charge in [0.15, 0.2) is 11.0 Å². The SMILES string of the molecule is COC(=O)c1c(NC(=O)CSc2nnc(-c3cccc(C)c3)n2C)sc(C(=O)N(C)C)c1C. The highest BCUT2D eigenvalue weighted by molar-refractivity contribution is 7.99. The summed E-state index contributed by atoms with van der Waals surface area (Å²) >= 11 is 2.28. The number of nitrogens with zero attached hydrogens (tertiary/aromatic N) is 4. The number of anilines is 1. The van der Waals surface area contributed by atoms with Crippen molar-refractivity contribution < 1.29 is 19.1 Å². The van der Waals surface area contributed by atoms with Crippen molar-refractivity contribution in [2.45, 2.75) is 19.0 Å². The largest absolute Gasteiger partial charge is 0.465 e. The lowest BCUT2D eigenvalue weighted by atomic mass is 10.1. The fraction of sp³-hybridized carbons (Fsp3) is 0.318. The van der Waals surface area contributed by atoms with Crippen LogP contribution in [0.25, 0.3) is 11.4 Å². The average Bonchev–Trinajstić information content (AvgIpc) is 3.30. The Morgan fingerprint density at radius 2 is 1.94 bits per heavy atom. The maximum absolute atomic E-state index is 12.7. The van der Waals surface area contributed by atoms with Gasteiger partial charge in [-0.1, -0.05) is 35.5 Å². The van der Waals surface area contributed by atoms with Gasteiger partial charge in [0, 0.05) is 26.7 Å². The molecule has 1 aromatic carbocycles. The van der Waals surface area contributed by atoms with Gasteiger partial charge in [0.25, 0.3) is 5.91 Å². The molecule has 3 aromatic rings. The lowest BCUT2D eigenvalue weighted by Gasteiger charge is -2.08. The number of aromatic nitrogens is 3. The summed E-state index contributed by atoms with van der Waals surface area (Å²) < 4.78 is 6.68. The molecule has 0 aliphatic heterocycles. The van der Waals surface area contributed by atoms with E-state index in [1.807, 2.05) is 42.8 Å². The van der Waals surface area contributed by atoms with Crippen molar-refractivity contribution in [3.63, 3.8) is 0 Å². The quantitative estimate of drug-likeness (QED) is 0.402. The predicted molar refractivity (Wildman–Crippen MR) is 129 cm³/mol. The van der Waals surface area contributed by atoms with Crippen LogP contribution in [-0.4, -0.2) is 64.4 Å². The molecule has 1 N–H and O–H groups in total. The average molecular weight is 488 g/mol. The van der Waals surface area contributed by atoms with Gasteiger partial charge < -0.3 is 19.5 Å². The maximum Gasteiger partial charge on any atom is 0.341 e. The van der Waals surface area contributed by atoms with Crippen molar-refractivity contribution in [2.75, 3.05) is 32.3 Å². The summed E-state index contributed by atoms with van der Waals surface area (Å²) in [7, 11) is 6.35. The van der Waals surface area contributed by atoms with Crippen LogP contribution in [0.1, 0.15) is 31.2 Å². The molecule has 0 fully saturated rings. The third-order valence-corrected chi connectivity index (χ3v) is 7.05. The molecule has 2 aromatic heterocycles. The van der Waals surface area contributed by atoms with Gasteiger partial charge in [0.1, 0.15) is 5.00 Å². The number of aryl methyl sites for hydroxylation is 1. The number of nitrogens with one attached hydrogen (secondary N) is 1. The fourth-order valence-corrected chi connectivity index (χ4v) is 5.07. The van der Waals surface area contributed by atoms with Crippen LogP contribution in [-0.2, 0) is 16.6 Å². The van der Waals surface area contributed by atoms with Crippen LogP contribution >= 0.6 is 23.1 Å². The van der Waals surface area contributed by atoms with E-state index < -0.39 is 5.97 Å². The predicted octanol–water partition coefficient (Wildman–Crippen LogP) is 3.38. The Morgan fingerprint density at radius 1 is 1.21 bits per heavy atom. The number of thiophene rings is 1. The first-order valence-corrected chi connectivity index (χ1v) is 11.8. The second kappa shape index (κ2) is 10.2. The Bertz CT molecular complexity index is 1220. The minimum Gasteiger partial charge on any atom is -0.465 e. The van der Waals surface area contributed by atoms with Gasteiger partial charge in [-0.3, -0.25) is 9.59 Å². The zero-order chi connectivity index (χ0) is 24.3. The number of methoxy groups -OCH3 is 1. The number of carbonyl (C=O) groups excluding carboxylic acids is 3. The number of benzene rings is 1. The minimum absolute atomic E-state index is 0.0499. The normalized spacial score (nSPS) is 10.7. The molecular formula is C22H25N5O4S2. The van der Waals surface area contributed by atoms with Gasteiger partial charge in [-0.05, 0) is 25.5 Å². The van der Waals surface area contributed by atoms with Crippen LogP contribution in [0, 0.1) is 13.8 Å². The number of hydrogen-bond donors (Lipinski definition) is 1. The number of amides is 2. The lowest BCUT2D eigenvalue weighted by molar-refractivity contribution is -0.113. The van der Waals surface area contributed by atoms with Gasteiger partial charge in [0.2, 0.25) is 5.91 Å². The number of hydrogen-bond acceptors (Lipinski definition) is 8. The van der Waals surface area contributed by atoms with Crippen molar-refractivity contribution in [1.82, 2.24) is 19.7 Å². The fourth-order valence-electron chi connectivity index (χ4n) is 3.13. The Kier molecular flexibility index (Phi) is 7.54. The molecule has 0 radical (unpaired) electrons. The maximum atomic E-state index is 12.7. The second-order valence-electron chi connectivity index (χ2n) is 7.52. The topological polar surface area (TPSA) is 106 Å². The Hall–Kier alpha value is -3.18. The summed E-state index contributed by atoms with van der Waals surface area (Å²) in [6.07, 6.45) is 0. The number of rotatable bonds is 7. The third-order valence-electron chi connectivity index (χ3n) is 4.83. The molecule has 0 atom stereocenters. The standard InChI is InChI=1S/C22H25N5O4S2/c1-12-8-7-9-14(10-12)18-24-25-22(27(18)5)32-11-15(28)23-19-16(21(30)31-6)13(2)17(33-19)20(29)26(3)4/h7-10H,11H2,1-6H3,(H,23,28). The van der Waals surface area contributed by atoms with E-state index in [0.29, 0.717) is 21.4 Å². The van der Waals surface area contributed by atoms with Crippen molar-refractivity contribution in [3.05, 3.63) is 45.8 Å². The van der Waals surface area contributed by atoms with Crippen LogP contribution < -0.4 is 5.32 Å². The van der Waals surface area contributed by atoms with E-state index in [9.17, 15) is 14.4 Å². The Balaban J connectivity index is 1.76. The molecule has 11 heteroatoms. The van der Waals surface area contributed by atoms with Crippen LogP contribution in [0.2, 0.25) is 0 Å². The molecule has 174 valence electrons. The number of thioether (sulfide) groups is 1. The van der Waals surface area contributed by atoms with Crippen LogP contribution in [0.4, 0.5) is 5.00 Å². The molecule has 9 nitrogen and oxygen atoms in total. The summed E-state index contributed by atoms with van der Waals surface area (Å²) in [5.41, 5.74) is 2.72. The molecule has 33 heavy (non-hydrogen) atoms. The molecule has 2 heterocycles. The van der Waals surface area contributed by atoms with Crippen LogP contribution in [0.5, 0.6) is 0 Å². The zero-order valence-corrected chi connectivity index (χ0v) is 20.9. The second-order valence-corrected chi connectivity index (χ2v) is 9.49. The van der Waals surface area contributed by atoms with Gasteiger partial charge in [-0.2, -0.15) is 0 Å². The van der Waals surface area contributed by atoms with Crippen molar-refractivity contribution in [2.24, 2.45) is 7.05 Å². The highest BCUT2D eigenvalue weighted by Gasteiger charge is 2.27. The summed E-state index contributed by atoms with van der Waals surface area (Å²) in [4.78, 5) is 39.2. The first-order valence-electron chi connectivity index (χ1n) is 9.96. The summed E-state index contributed by atoms with van der Waals surface area (Å²) in [6.45, 7) is 3.67. The summed E-state index contributed by atoms with van der Waals surface area (Å²) in [5.74, 6) is -0.444. The highest BCUT2D eigenvalue weighted by atomic mass is 32.2. The van der Waals surface area contributed by atoms with E-state index in [2.05, 4.69) is 15.5 Å². The number of carbonyl (C=O) groups is 3. The zero-order valence-electron chi connectivity index (χ0n) is 19.3. The van der Waals surface area contributed by atoms with E-state index in [0.717, 1.165) is 22.5 Å². The van der Waals surface area contributed by atoms with E-state index >= 15 is 0 Å². The first-order chi connectivity index (χ1) is 15.6. The van der Waals surface area contributed by atoms with Gasteiger partial charge in [-0.25, -0.2) is 4.79 Å². The first kappa shape index (κ1) is 24.5. The molecule has 0 aliphatic carbocycles. The van der Waals surface area contributed by atoms with E-state index in [4.69, 9.17) is 4.74 Å². The Morgan fingerprint density at radius 3 is 2.58 bits per heavy atom. The molecular weight excluding hydrogens is 462 g/mol. The summed E-state index contributed by atoms with van der Waals surface area (Å²) in [6, 6.07) is 7.94. The summed E-state index contributed by atoms with van der Waals surface area (Å²) in [5, 5.41) is 12.1. The smallest absolute Gasteiger partial charge is 0.341 e. The van der Waals surface area contributed by atoms with E-state index in [1.54, 1.807) is 21.0 Å². The van der Waals surface area contributed by atoms with Gasteiger partial charge in [-0.15, -0.1) is 21.5 Å². The monoisotopic (exact) mass is 487 g/mol. The van der Waals surface area contributed by atoms with Crippen LogP contribution in [0.3, 0.4) is 0 Å². The molecule has 3 rings (SSSR count). The molecule has 0 unspecified atom stereocenters. The van der Waals surface area contributed by atoms with Gasteiger partial charge >= 0.3 is 5.97 Å². The van der Waals surface area contributed by atoms with Crippen molar-refractivity contribution >= 4 is 45.9 Å². The molecule has 0 aliphatic rings. The number of esters is 1. The van der Waals surface area contributed by atoms with Crippen LogP contribution in [0.15, 0.2) is 29.4 Å². The molecule has 0 spiro atoms. The Labute approximate surface area is 200 Å². The molecule has 0 saturated heterocycles. The number of ether oxygens (including phenoxy) is 1. The highest BCUT2D eigenvalue weighted by Crippen LogP contribution is 2.34. The third kappa shape index (κ3) is 5.25. The molecule has 0 saturated carbocycles. The van der Waals surface area contributed by atoms with Gasteiger partial charge in [0.05, 0.1) is 23.3 Å².